The van der Waals surface area contributed by atoms with Gasteiger partial charge in [0.05, 0.1) is 36.4 Å². The molecule has 0 bridgehead atoms. The van der Waals surface area contributed by atoms with Crippen LogP contribution in [0.4, 0.5) is 5.69 Å². The van der Waals surface area contributed by atoms with Crippen molar-refractivity contribution in [3.05, 3.63) is 142 Å². The summed E-state index contributed by atoms with van der Waals surface area (Å²) >= 11 is 0. The highest BCUT2D eigenvalue weighted by molar-refractivity contribution is 6.21. The zero-order chi connectivity index (χ0) is 35.5. The van der Waals surface area contributed by atoms with Crippen molar-refractivity contribution in [2.75, 3.05) is 20.3 Å². The van der Waals surface area contributed by atoms with E-state index >= 15 is 0 Å². The Kier molecular flexibility index (Phi) is 9.77. The van der Waals surface area contributed by atoms with Gasteiger partial charge in [0, 0.05) is 11.6 Å². The van der Waals surface area contributed by atoms with E-state index in [9.17, 15) is 19.7 Å². The van der Waals surface area contributed by atoms with Gasteiger partial charge in [-0.3, -0.25) is 24.6 Å². The monoisotopic (exact) mass is 694 g/mol. The van der Waals surface area contributed by atoms with Crippen LogP contribution < -0.4 is 14.2 Å². The van der Waals surface area contributed by atoms with Crippen LogP contribution in [0, 0.1) is 10.1 Å². The molecule has 4 aromatic rings. The van der Waals surface area contributed by atoms with E-state index in [1.807, 2.05) is 30.3 Å². The quantitative estimate of drug-likeness (QED) is 0.0787. The maximum atomic E-state index is 14.0. The topological polar surface area (TPSA) is 145 Å². The van der Waals surface area contributed by atoms with Gasteiger partial charge < -0.3 is 33.2 Å². The van der Waals surface area contributed by atoms with E-state index in [-0.39, 0.29) is 42.4 Å². The highest BCUT2D eigenvalue weighted by Crippen LogP contribution is 2.41. The number of amides is 2. The Morgan fingerprint density at radius 1 is 0.922 bits per heavy atom. The molecule has 7 rings (SSSR count). The summed E-state index contributed by atoms with van der Waals surface area (Å²) in [4.78, 5) is 40.6. The minimum Gasteiger partial charge on any atom is -0.497 e. The number of imide groups is 1. The zero-order valence-electron chi connectivity index (χ0n) is 27.5. The number of nitro groups is 1. The van der Waals surface area contributed by atoms with Crippen molar-refractivity contribution in [1.82, 2.24) is 4.90 Å². The third-order valence-electron chi connectivity index (χ3n) is 8.84. The summed E-state index contributed by atoms with van der Waals surface area (Å²) in [5.41, 5.74) is 1.39. The van der Waals surface area contributed by atoms with Crippen molar-refractivity contribution < 1.29 is 47.7 Å². The van der Waals surface area contributed by atoms with Gasteiger partial charge in [-0.15, -0.1) is 0 Å². The first kappa shape index (κ1) is 33.9. The van der Waals surface area contributed by atoms with Crippen LogP contribution >= 0.6 is 0 Å². The second-order valence-corrected chi connectivity index (χ2v) is 12.0. The normalized spacial score (nSPS) is 24.0. The third-order valence-corrected chi connectivity index (χ3v) is 8.84. The number of hydrogen-bond donors (Lipinski definition) is 0. The Bertz CT molecular complexity index is 1880. The van der Waals surface area contributed by atoms with E-state index in [1.165, 1.54) is 18.2 Å². The van der Waals surface area contributed by atoms with Gasteiger partial charge in [-0.05, 0) is 54.1 Å². The summed E-state index contributed by atoms with van der Waals surface area (Å²) < 4.78 is 42.9. The van der Waals surface area contributed by atoms with Crippen LogP contribution in [0.25, 0.3) is 0 Å². The molecule has 13 heteroatoms. The van der Waals surface area contributed by atoms with Gasteiger partial charge in [0.2, 0.25) is 6.29 Å². The molecule has 3 aliphatic rings. The first-order chi connectivity index (χ1) is 24.9. The molecule has 2 amide bonds. The summed E-state index contributed by atoms with van der Waals surface area (Å²) in [6, 6.07) is 26.0. The van der Waals surface area contributed by atoms with E-state index < -0.39 is 53.7 Å². The highest BCUT2D eigenvalue weighted by atomic mass is 16.8. The zero-order valence-corrected chi connectivity index (χ0v) is 27.5. The van der Waals surface area contributed by atoms with Gasteiger partial charge in [0.15, 0.2) is 12.0 Å². The molecule has 2 fully saturated rings. The lowest BCUT2D eigenvalue weighted by atomic mass is 9.94. The standard InChI is InChI=1S/C38H34N2O11/c1-3-19-46-30-18-13-24(20-29(30)40(43)44)37-48-22-31-33(51-37)34(47-21-23-9-5-4-6-10-23)32(38(50-31)49-26-16-14-25(45-2)15-17-26)39-35(41)27-11-7-8-12-28(27)36(39)42/h3-18,20,31-34,37-38H,1,19,21-22H2,2H3/t31-,32-,33-,34-,37?,38-/m1/s1. The molecule has 4 aromatic carbocycles. The van der Waals surface area contributed by atoms with E-state index in [0.717, 1.165) is 10.5 Å². The maximum absolute atomic E-state index is 14.0. The molecule has 6 atom stereocenters. The number of fused-ring (bicyclic) bond motifs is 2. The maximum Gasteiger partial charge on any atom is 0.311 e. The van der Waals surface area contributed by atoms with Gasteiger partial charge in [-0.2, -0.15) is 0 Å². The molecule has 0 aromatic heterocycles. The summed E-state index contributed by atoms with van der Waals surface area (Å²) in [6.45, 7) is 3.74. The average Bonchev–Trinajstić information content (AvgIpc) is 3.41. The van der Waals surface area contributed by atoms with Crippen LogP contribution in [0.1, 0.15) is 38.1 Å². The first-order valence-electron chi connectivity index (χ1n) is 16.2. The number of carbonyl (C=O) groups excluding carboxylic acids is 2. The summed E-state index contributed by atoms with van der Waals surface area (Å²) in [6.07, 6.45) is -3.54. The molecule has 3 aliphatic heterocycles. The molecular weight excluding hydrogens is 660 g/mol. The van der Waals surface area contributed by atoms with Crippen LogP contribution in [0.15, 0.2) is 110 Å². The number of ether oxygens (including phenoxy) is 7. The first-order valence-corrected chi connectivity index (χ1v) is 16.2. The van der Waals surface area contributed by atoms with Crippen LogP contribution in [-0.2, 0) is 25.6 Å². The second kappa shape index (κ2) is 14.7. The summed E-state index contributed by atoms with van der Waals surface area (Å²) in [7, 11) is 1.55. The van der Waals surface area contributed by atoms with E-state index in [4.69, 9.17) is 33.2 Å². The Morgan fingerprint density at radius 3 is 2.27 bits per heavy atom. The van der Waals surface area contributed by atoms with Crippen LogP contribution in [-0.4, -0.2) is 72.6 Å². The molecule has 0 spiro atoms. The van der Waals surface area contributed by atoms with Crippen molar-refractivity contribution in [2.45, 2.75) is 43.5 Å². The highest BCUT2D eigenvalue weighted by Gasteiger charge is 2.57. The molecule has 1 unspecified atom stereocenters. The SMILES string of the molecule is C=CCOc1ccc(C2OC[C@H]3O[C@@H](Oc4ccc(OC)cc4)[C@H](N4C(=O)c5ccccc5C4=O)[C@@H](OCc4ccccc4)[C@@H]3O2)cc1[N+](=O)[O-]. The average molecular weight is 695 g/mol. The smallest absolute Gasteiger partial charge is 0.311 e. The molecule has 51 heavy (non-hydrogen) atoms. The second-order valence-electron chi connectivity index (χ2n) is 12.0. The van der Waals surface area contributed by atoms with E-state index in [1.54, 1.807) is 61.7 Å². The van der Waals surface area contributed by atoms with Crippen LogP contribution in [0.3, 0.4) is 0 Å². The molecule has 3 heterocycles. The number of rotatable bonds is 12. The third kappa shape index (κ3) is 6.79. The predicted octanol–water partition coefficient (Wildman–Crippen LogP) is 5.64. The Morgan fingerprint density at radius 2 is 1.61 bits per heavy atom. The van der Waals surface area contributed by atoms with Crippen molar-refractivity contribution in [3.8, 4) is 17.2 Å². The van der Waals surface area contributed by atoms with Gasteiger partial charge in [-0.1, -0.05) is 55.1 Å². The fourth-order valence-electron chi connectivity index (χ4n) is 6.42. The van der Waals surface area contributed by atoms with Gasteiger partial charge in [0.1, 0.15) is 42.5 Å². The van der Waals surface area contributed by atoms with Crippen molar-refractivity contribution in [1.29, 1.82) is 0 Å². The Hall–Kier alpha value is -5.60. The molecule has 262 valence electrons. The van der Waals surface area contributed by atoms with E-state index in [0.29, 0.717) is 17.1 Å². The molecule has 0 N–H and O–H groups in total. The fraction of sp³-hybridized carbons (Fsp3) is 0.263. The molecule has 2 saturated heterocycles. The van der Waals surface area contributed by atoms with Crippen molar-refractivity contribution in [2.24, 2.45) is 0 Å². The van der Waals surface area contributed by atoms with Crippen LogP contribution in [0.5, 0.6) is 17.2 Å². The van der Waals surface area contributed by atoms with Gasteiger partial charge in [0.25, 0.3) is 11.8 Å². The van der Waals surface area contributed by atoms with Crippen molar-refractivity contribution in [3.63, 3.8) is 0 Å². The minimum atomic E-state index is -1.21. The molecule has 0 aliphatic carbocycles. The summed E-state index contributed by atoms with van der Waals surface area (Å²) in [5, 5.41) is 12.0. The lowest BCUT2D eigenvalue weighted by molar-refractivity contribution is -0.386. The van der Waals surface area contributed by atoms with Crippen LogP contribution in [0.2, 0.25) is 0 Å². The minimum absolute atomic E-state index is 0.0274. The molecule has 13 nitrogen and oxygen atoms in total. The van der Waals surface area contributed by atoms with E-state index in [2.05, 4.69) is 6.58 Å². The number of hydrogen-bond acceptors (Lipinski definition) is 11. The number of benzene rings is 4. The van der Waals surface area contributed by atoms with Gasteiger partial charge in [-0.25, -0.2) is 0 Å². The fourth-order valence-corrected chi connectivity index (χ4v) is 6.42. The number of carbonyl (C=O) groups is 2. The summed E-state index contributed by atoms with van der Waals surface area (Å²) in [5.74, 6) is -0.00763. The molecule has 0 saturated carbocycles. The Balaban J connectivity index is 1.27. The molecular formula is C38H34N2O11. The largest absolute Gasteiger partial charge is 0.497 e. The predicted molar refractivity (Wildman–Crippen MR) is 180 cm³/mol. The van der Waals surface area contributed by atoms with Crippen molar-refractivity contribution >= 4 is 17.5 Å². The number of methoxy groups -OCH3 is 1. The molecule has 0 radical (unpaired) electrons. The van der Waals surface area contributed by atoms with Gasteiger partial charge >= 0.3 is 5.69 Å². The lowest BCUT2D eigenvalue weighted by Gasteiger charge is -2.50. The number of nitrogens with zero attached hydrogens (tertiary/aromatic N) is 2. The Labute approximate surface area is 293 Å². The lowest BCUT2D eigenvalue weighted by Crippen LogP contribution is -2.68. The number of nitro benzene ring substituents is 1.